The van der Waals surface area contributed by atoms with Gasteiger partial charge >= 0.3 is 5.97 Å². The number of nitrogens with one attached hydrogen (secondary N) is 2. The average molecular weight is 297 g/mol. The highest BCUT2D eigenvalue weighted by atomic mass is 32.2. The standard InChI is InChI=1S/C11H11N3O5S/c15-11(16)6-19-9-3-1-2-8(4-9)14-20(17,18)10-5-12-7-13-10/h1-5,7,14H,6H2,(H,12,13)(H,15,16). The number of H-pyrrole nitrogens is 1. The number of benzene rings is 1. The SMILES string of the molecule is O=C(O)COc1cccc(NS(=O)(=O)c2cnc[nH]2)c1. The van der Waals surface area contributed by atoms with Gasteiger partial charge in [-0.1, -0.05) is 6.07 Å². The molecule has 20 heavy (non-hydrogen) atoms. The van der Waals surface area contributed by atoms with Gasteiger partial charge < -0.3 is 14.8 Å². The first-order valence-corrected chi connectivity index (χ1v) is 6.91. The van der Waals surface area contributed by atoms with E-state index in [0.717, 1.165) is 0 Å². The average Bonchev–Trinajstić information content (AvgIpc) is 2.91. The Morgan fingerprint density at radius 3 is 2.90 bits per heavy atom. The molecule has 0 saturated heterocycles. The minimum atomic E-state index is -3.76. The molecule has 0 atom stereocenters. The second kappa shape index (κ2) is 5.61. The molecule has 0 bridgehead atoms. The molecule has 8 nitrogen and oxygen atoms in total. The molecule has 0 spiro atoms. The van der Waals surface area contributed by atoms with Gasteiger partial charge in [0.2, 0.25) is 0 Å². The lowest BCUT2D eigenvalue weighted by Gasteiger charge is -2.08. The van der Waals surface area contributed by atoms with Crippen molar-refractivity contribution in [2.24, 2.45) is 0 Å². The number of rotatable bonds is 6. The van der Waals surface area contributed by atoms with E-state index < -0.39 is 22.6 Å². The van der Waals surface area contributed by atoms with Crippen LogP contribution in [0.15, 0.2) is 41.8 Å². The lowest BCUT2D eigenvalue weighted by Crippen LogP contribution is -2.13. The van der Waals surface area contributed by atoms with E-state index >= 15 is 0 Å². The number of imidazole rings is 1. The molecule has 0 aliphatic carbocycles. The summed E-state index contributed by atoms with van der Waals surface area (Å²) >= 11 is 0. The van der Waals surface area contributed by atoms with Gasteiger partial charge in [0.05, 0.1) is 18.2 Å². The number of hydrogen-bond donors (Lipinski definition) is 3. The molecule has 106 valence electrons. The van der Waals surface area contributed by atoms with Gasteiger partial charge in [0.25, 0.3) is 10.0 Å². The van der Waals surface area contributed by atoms with E-state index in [-0.39, 0.29) is 16.5 Å². The van der Waals surface area contributed by atoms with Crippen LogP contribution in [0.5, 0.6) is 5.75 Å². The van der Waals surface area contributed by atoms with E-state index in [1.807, 2.05) is 0 Å². The quantitative estimate of drug-likeness (QED) is 0.720. The topological polar surface area (TPSA) is 121 Å². The number of ether oxygens (including phenoxy) is 1. The van der Waals surface area contributed by atoms with Crippen LogP contribution in [0, 0.1) is 0 Å². The molecule has 2 aromatic rings. The van der Waals surface area contributed by atoms with Crippen molar-refractivity contribution in [1.29, 1.82) is 0 Å². The van der Waals surface area contributed by atoms with Crippen LogP contribution in [-0.4, -0.2) is 36.1 Å². The highest BCUT2D eigenvalue weighted by molar-refractivity contribution is 7.92. The van der Waals surface area contributed by atoms with Crippen molar-refractivity contribution in [3.8, 4) is 5.75 Å². The number of hydrogen-bond acceptors (Lipinski definition) is 5. The summed E-state index contributed by atoms with van der Waals surface area (Å²) in [6.45, 7) is -0.503. The van der Waals surface area contributed by atoms with Gasteiger partial charge in [0.15, 0.2) is 11.6 Å². The number of carboxylic acids is 1. The van der Waals surface area contributed by atoms with Crippen molar-refractivity contribution in [1.82, 2.24) is 9.97 Å². The highest BCUT2D eigenvalue weighted by Crippen LogP contribution is 2.20. The molecule has 1 aromatic heterocycles. The second-order valence-electron chi connectivity index (χ2n) is 3.73. The molecular formula is C11H11N3O5S. The molecule has 0 aliphatic heterocycles. The Kier molecular flexibility index (Phi) is 3.89. The first-order valence-electron chi connectivity index (χ1n) is 5.43. The molecule has 0 aliphatic rings. The Hall–Kier alpha value is -2.55. The summed E-state index contributed by atoms with van der Waals surface area (Å²) < 4.78 is 31.1. The van der Waals surface area contributed by atoms with Gasteiger partial charge in [-0.25, -0.2) is 9.78 Å². The maximum absolute atomic E-state index is 11.9. The van der Waals surface area contributed by atoms with Gasteiger partial charge in [-0.3, -0.25) is 4.72 Å². The fraction of sp³-hybridized carbons (Fsp3) is 0.0909. The van der Waals surface area contributed by atoms with Crippen molar-refractivity contribution in [2.75, 3.05) is 11.3 Å². The van der Waals surface area contributed by atoms with E-state index in [0.29, 0.717) is 0 Å². The summed E-state index contributed by atoms with van der Waals surface area (Å²) in [7, 11) is -3.76. The third kappa shape index (κ3) is 3.48. The maximum atomic E-state index is 11.9. The third-order valence-corrected chi connectivity index (χ3v) is 3.52. The lowest BCUT2D eigenvalue weighted by molar-refractivity contribution is -0.139. The predicted octanol–water partition coefficient (Wildman–Crippen LogP) is 0.674. The minimum Gasteiger partial charge on any atom is -0.482 e. The van der Waals surface area contributed by atoms with Crippen molar-refractivity contribution < 1.29 is 23.1 Å². The predicted molar refractivity (Wildman–Crippen MR) is 69.0 cm³/mol. The Balaban J connectivity index is 2.14. The summed E-state index contributed by atoms with van der Waals surface area (Å²) in [5.74, 6) is -0.870. The summed E-state index contributed by atoms with van der Waals surface area (Å²) in [6, 6.07) is 5.97. The number of aromatic nitrogens is 2. The van der Waals surface area contributed by atoms with Crippen LogP contribution < -0.4 is 9.46 Å². The Labute approximate surface area is 114 Å². The lowest BCUT2D eigenvalue weighted by atomic mass is 10.3. The summed E-state index contributed by atoms with van der Waals surface area (Å²) in [6.07, 6.45) is 2.42. The summed E-state index contributed by atoms with van der Waals surface area (Å²) in [4.78, 5) is 16.5. The zero-order chi connectivity index (χ0) is 14.6. The Bertz CT molecular complexity index is 697. The number of carbonyl (C=O) groups is 1. The number of anilines is 1. The molecule has 2 rings (SSSR count). The van der Waals surface area contributed by atoms with Gasteiger partial charge in [0.1, 0.15) is 5.75 Å². The number of aromatic amines is 1. The van der Waals surface area contributed by atoms with Crippen LogP contribution in [0.2, 0.25) is 0 Å². The molecule has 0 unspecified atom stereocenters. The van der Waals surface area contributed by atoms with E-state index in [4.69, 9.17) is 9.84 Å². The fourth-order valence-corrected chi connectivity index (χ4v) is 2.35. The number of sulfonamides is 1. The van der Waals surface area contributed by atoms with Crippen LogP contribution >= 0.6 is 0 Å². The fourth-order valence-electron chi connectivity index (χ4n) is 1.39. The first-order chi connectivity index (χ1) is 9.47. The van der Waals surface area contributed by atoms with E-state index in [1.165, 1.54) is 30.7 Å². The molecular weight excluding hydrogens is 286 g/mol. The van der Waals surface area contributed by atoms with E-state index in [2.05, 4.69) is 14.7 Å². The number of aliphatic carboxylic acids is 1. The molecule has 1 heterocycles. The number of nitrogens with zero attached hydrogens (tertiary/aromatic N) is 1. The summed E-state index contributed by atoms with van der Waals surface area (Å²) in [5.41, 5.74) is 0.252. The molecule has 3 N–H and O–H groups in total. The maximum Gasteiger partial charge on any atom is 0.341 e. The Morgan fingerprint density at radius 1 is 1.45 bits per heavy atom. The van der Waals surface area contributed by atoms with Crippen molar-refractivity contribution >= 4 is 21.7 Å². The molecule has 0 fully saturated rings. The highest BCUT2D eigenvalue weighted by Gasteiger charge is 2.15. The molecule has 0 amide bonds. The van der Waals surface area contributed by atoms with Gasteiger partial charge in [-0.15, -0.1) is 0 Å². The zero-order valence-corrected chi connectivity index (χ0v) is 10.9. The smallest absolute Gasteiger partial charge is 0.341 e. The largest absolute Gasteiger partial charge is 0.482 e. The van der Waals surface area contributed by atoms with E-state index in [9.17, 15) is 13.2 Å². The van der Waals surface area contributed by atoms with Gasteiger partial charge in [-0.2, -0.15) is 8.42 Å². The van der Waals surface area contributed by atoms with Gasteiger partial charge in [0, 0.05) is 6.07 Å². The third-order valence-electron chi connectivity index (χ3n) is 2.21. The first kappa shape index (κ1) is 13.9. The van der Waals surface area contributed by atoms with Crippen LogP contribution in [0.25, 0.3) is 0 Å². The van der Waals surface area contributed by atoms with Crippen molar-refractivity contribution in [3.63, 3.8) is 0 Å². The van der Waals surface area contributed by atoms with Crippen LogP contribution in [0.3, 0.4) is 0 Å². The monoisotopic (exact) mass is 297 g/mol. The van der Waals surface area contributed by atoms with Crippen LogP contribution in [-0.2, 0) is 14.8 Å². The van der Waals surface area contributed by atoms with E-state index in [1.54, 1.807) is 6.07 Å². The second-order valence-corrected chi connectivity index (χ2v) is 5.38. The minimum absolute atomic E-state index is 0.0747. The van der Waals surface area contributed by atoms with Crippen molar-refractivity contribution in [3.05, 3.63) is 36.8 Å². The molecule has 0 radical (unpaired) electrons. The van der Waals surface area contributed by atoms with Gasteiger partial charge in [-0.05, 0) is 12.1 Å². The van der Waals surface area contributed by atoms with Crippen molar-refractivity contribution in [2.45, 2.75) is 5.03 Å². The molecule has 9 heteroatoms. The van der Waals surface area contributed by atoms with Crippen LogP contribution in [0.1, 0.15) is 0 Å². The number of carboxylic acid groups (broad SMARTS) is 1. The molecule has 0 saturated carbocycles. The molecule has 1 aromatic carbocycles. The summed E-state index contributed by atoms with van der Waals surface area (Å²) in [5, 5.41) is 8.43. The van der Waals surface area contributed by atoms with Crippen LogP contribution in [0.4, 0.5) is 5.69 Å². The Morgan fingerprint density at radius 2 is 2.25 bits per heavy atom. The normalized spacial score (nSPS) is 11.0. The zero-order valence-electron chi connectivity index (χ0n) is 10.1.